The van der Waals surface area contributed by atoms with Gasteiger partial charge in [0.15, 0.2) is 0 Å². The molecule has 1 aliphatic carbocycles. The van der Waals surface area contributed by atoms with Gasteiger partial charge in [0.1, 0.15) is 0 Å². The Hall–Kier alpha value is -1.10. The van der Waals surface area contributed by atoms with Crippen molar-refractivity contribution in [3.63, 3.8) is 0 Å². The van der Waals surface area contributed by atoms with Crippen molar-refractivity contribution in [2.45, 2.75) is 45.6 Å². The Morgan fingerprint density at radius 3 is 2.28 bits per heavy atom. The second kappa shape index (κ2) is 8.08. The summed E-state index contributed by atoms with van der Waals surface area (Å²) in [5.74, 6) is -0.990. The highest BCUT2D eigenvalue weighted by atomic mass is 16.2. The van der Waals surface area contributed by atoms with Crippen molar-refractivity contribution in [1.29, 1.82) is 0 Å². The summed E-state index contributed by atoms with van der Waals surface area (Å²) in [5, 5.41) is 5.44. The molecule has 0 radical (unpaired) electrons. The highest BCUT2D eigenvalue weighted by Crippen LogP contribution is 2.17. The Balaban J connectivity index is 2.17. The number of hydrogen-bond donors (Lipinski definition) is 2. The third kappa shape index (κ3) is 5.04. The van der Waals surface area contributed by atoms with Crippen LogP contribution in [0.2, 0.25) is 0 Å². The van der Waals surface area contributed by atoms with E-state index in [0.29, 0.717) is 6.54 Å². The first-order valence-electron chi connectivity index (χ1n) is 6.98. The second-order valence-electron chi connectivity index (χ2n) is 4.74. The van der Waals surface area contributed by atoms with Gasteiger partial charge in [-0.2, -0.15) is 0 Å². The van der Waals surface area contributed by atoms with Crippen LogP contribution >= 0.6 is 0 Å². The van der Waals surface area contributed by atoms with Gasteiger partial charge in [0.25, 0.3) is 0 Å². The van der Waals surface area contributed by atoms with Gasteiger partial charge in [-0.05, 0) is 25.9 Å². The first kappa shape index (κ1) is 15.0. The second-order valence-corrected chi connectivity index (χ2v) is 4.74. The molecule has 0 aromatic carbocycles. The predicted octanol–water partition coefficient (Wildman–Crippen LogP) is 0.503. The molecule has 2 amide bonds. The van der Waals surface area contributed by atoms with Crippen LogP contribution in [-0.4, -0.2) is 48.9 Å². The molecule has 1 fully saturated rings. The van der Waals surface area contributed by atoms with Gasteiger partial charge in [-0.15, -0.1) is 0 Å². The SMILES string of the molecule is CCN(CC)CCNC(=O)C(=O)NC1CCCC1. The summed E-state index contributed by atoms with van der Waals surface area (Å²) in [5.41, 5.74) is 0. The van der Waals surface area contributed by atoms with Crippen LogP contribution in [0.15, 0.2) is 0 Å². The van der Waals surface area contributed by atoms with E-state index in [1.54, 1.807) is 0 Å². The van der Waals surface area contributed by atoms with Gasteiger partial charge in [-0.25, -0.2) is 0 Å². The summed E-state index contributed by atoms with van der Waals surface area (Å²) in [4.78, 5) is 25.3. The maximum absolute atomic E-state index is 11.6. The van der Waals surface area contributed by atoms with E-state index in [4.69, 9.17) is 0 Å². The average Bonchev–Trinajstić information content (AvgIpc) is 2.87. The number of amides is 2. The van der Waals surface area contributed by atoms with Crippen molar-refractivity contribution < 1.29 is 9.59 Å². The molecule has 0 heterocycles. The molecule has 0 aromatic heterocycles. The lowest BCUT2D eigenvalue weighted by molar-refractivity contribution is -0.139. The summed E-state index contributed by atoms with van der Waals surface area (Å²) < 4.78 is 0. The molecule has 2 N–H and O–H groups in total. The zero-order chi connectivity index (χ0) is 13.4. The van der Waals surface area contributed by atoms with Crippen LogP contribution in [0.3, 0.4) is 0 Å². The zero-order valence-electron chi connectivity index (χ0n) is 11.5. The number of rotatable bonds is 6. The van der Waals surface area contributed by atoms with Gasteiger partial charge in [0.2, 0.25) is 0 Å². The highest BCUT2D eigenvalue weighted by molar-refractivity contribution is 6.35. The molecule has 104 valence electrons. The van der Waals surface area contributed by atoms with E-state index in [9.17, 15) is 9.59 Å². The standard InChI is InChI=1S/C13H25N3O2/c1-3-16(4-2)10-9-14-12(17)13(18)15-11-7-5-6-8-11/h11H,3-10H2,1-2H3,(H,14,17)(H,15,18). The number of likely N-dealkylation sites (N-methyl/N-ethyl adjacent to an activating group) is 1. The first-order chi connectivity index (χ1) is 8.67. The molecular formula is C13H25N3O2. The Morgan fingerprint density at radius 2 is 1.72 bits per heavy atom. The average molecular weight is 255 g/mol. The third-order valence-electron chi connectivity index (χ3n) is 3.50. The van der Waals surface area contributed by atoms with Crippen LogP contribution < -0.4 is 10.6 Å². The van der Waals surface area contributed by atoms with Crippen molar-refractivity contribution in [3.05, 3.63) is 0 Å². The van der Waals surface area contributed by atoms with Crippen LogP contribution in [-0.2, 0) is 9.59 Å². The lowest BCUT2D eigenvalue weighted by Crippen LogP contribution is -2.45. The third-order valence-corrected chi connectivity index (χ3v) is 3.50. The Kier molecular flexibility index (Phi) is 6.72. The minimum Gasteiger partial charge on any atom is -0.347 e. The molecule has 1 rings (SSSR count). The Labute approximate surface area is 109 Å². The largest absolute Gasteiger partial charge is 0.347 e. The molecule has 5 heteroatoms. The summed E-state index contributed by atoms with van der Waals surface area (Å²) >= 11 is 0. The van der Waals surface area contributed by atoms with Crippen molar-refractivity contribution in [3.8, 4) is 0 Å². The van der Waals surface area contributed by atoms with Gasteiger partial charge in [0, 0.05) is 19.1 Å². The fourth-order valence-electron chi connectivity index (χ4n) is 2.27. The van der Waals surface area contributed by atoms with E-state index in [1.807, 2.05) is 0 Å². The molecule has 0 unspecified atom stereocenters. The fourth-order valence-corrected chi connectivity index (χ4v) is 2.27. The Morgan fingerprint density at radius 1 is 1.11 bits per heavy atom. The molecule has 1 aliphatic rings. The number of nitrogens with one attached hydrogen (secondary N) is 2. The van der Waals surface area contributed by atoms with E-state index in [-0.39, 0.29) is 6.04 Å². The number of hydrogen-bond acceptors (Lipinski definition) is 3. The van der Waals surface area contributed by atoms with Crippen LogP contribution in [0.4, 0.5) is 0 Å². The van der Waals surface area contributed by atoms with Crippen molar-refractivity contribution in [2.24, 2.45) is 0 Å². The van der Waals surface area contributed by atoms with Crippen LogP contribution in [0.5, 0.6) is 0 Å². The normalized spacial score (nSPS) is 15.9. The molecule has 0 saturated heterocycles. The highest BCUT2D eigenvalue weighted by Gasteiger charge is 2.20. The first-order valence-corrected chi connectivity index (χ1v) is 6.98. The van der Waals surface area contributed by atoms with Crippen LogP contribution in [0.1, 0.15) is 39.5 Å². The maximum atomic E-state index is 11.6. The van der Waals surface area contributed by atoms with Gasteiger partial charge in [-0.3, -0.25) is 9.59 Å². The van der Waals surface area contributed by atoms with E-state index < -0.39 is 11.8 Å². The van der Waals surface area contributed by atoms with E-state index in [2.05, 4.69) is 29.4 Å². The summed E-state index contributed by atoms with van der Waals surface area (Å²) in [6.45, 7) is 7.39. The quantitative estimate of drug-likeness (QED) is 0.680. The Bertz CT molecular complexity index is 271. The summed E-state index contributed by atoms with van der Waals surface area (Å²) in [6.07, 6.45) is 4.29. The number of carbonyl (C=O) groups excluding carboxylic acids is 2. The van der Waals surface area contributed by atoms with Crippen molar-refractivity contribution >= 4 is 11.8 Å². The lowest BCUT2D eigenvalue weighted by Gasteiger charge is -2.18. The molecule has 0 aromatic rings. The topological polar surface area (TPSA) is 61.4 Å². The van der Waals surface area contributed by atoms with E-state index in [0.717, 1.165) is 45.3 Å². The minimum absolute atomic E-state index is 0.200. The van der Waals surface area contributed by atoms with Gasteiger partial charge in [-0.1, -0.05) is 26.7 Å². The van der Waals surface area contributed by atoms with E-state index in [1.165, 1.54) is 0 Å². The van der Waals surface area contributed by atoms with Crippen LogP contribution in [0.25, 0.3) is 0 Å². The van der Waals surface area contributed by atoms with Crippen molar-refractivity contribution in [1.82, 2.24) is 15.5 Å². The monoisotopic (exact) mass is 255 g/mol. The fraction of sp³-hybridized carbons (Fsp3) is 0.846. The minimum atomic E-state index is -0.506. The lowest BCUT2D eigenvalue weighted by atomic mass is 10.2. The smallest absolute Gasteiger partial charge is 0.309 e. The molecule has 0 spiro atoms. The molecule has 0 bridgehead atoms. The van der Waals surface area contributed by atoms with Gasteiger partial charge >= 0.3 is 11.8 Å². The van der Waals surface area contributed by atoms with E-state index >= 15 is 0 Å². The zero-order valence-corrected chi connectivity index (χ0v) is 11.5. The maximum Gasteiger partial charge on any atom is 0.309 e. The summed E-state index contributed by atoms with van der Waals surface area (Å²) in [6, 6.07) is 0.200. The molecule has 18 heavy (non-hydrogen) atoms. The summed E-state index contributed by atoms with van der Waals surface area (Å²) in [7, 11) is 0. The van der Waals surface area contributed by atoms with Gasteiger partial charge in [0.05, 0.1) is 0 Å². The molecule has 0 aliphatic heterocycles. The molecular weight excluding hydrogens is 230 g/mol. The van der Waals surface area contributed by atoms with Crippen LogP contribution in [0, 0.1) is 0 Å². The number of carbonyl (C=O) groups is 2. The van der Waals surface area contributed by atoms with Gasteiger partial charge < -0.3 is 15.5 Å². The predicted molar refractivity (Wildman–Crippen MR) is 71.2 cm³/mol. The molecule has 5 nitrogen and oxygen atoms in total. The molecule has 1 saturated carbocycles. The molecule has 0 atom stereocenters. The van der Waals surface area contributed by atoms with Crippen molar-refractivity contribution in [2.75, 3.05) is 26.2 Å². The number of nitrogens with zero attached hydrogens (tertiary/aromatic N) is 1.